The van der Waals surface area contributed by atoms with Crippen LogP contribution in [0.1, 0.15) is 11.1 Å². The molecular formula is C25H20N2O2S. The normalized spacial score (nSPS) is 11.1. The molecule has 0 aliphatic carbocycles. The van der Waals surface area contributed by atoms with Crippen LogP contribution in [0.25, 0.3) is 21.3 Å². The molecule has 0 atom stereocenters. The summed E-state index contributed by atoms with van der Waals surface area (Å²) < 4.78 is 7.74. The first kappa shape index (κ1) is 18.5. The highest BCUT2D eigenvalue weighted by atomic mass is 32.1. The maximum atomic E-state index is 10.8. The third-order valence-corrected chi connectivity index (χ3v) is 5.91. The highest BCUT2D eigenvalue weighted by Crippen LogP contribution is 2.35. The molecule has 0 aliphatic rings. The van der Waals surface area contributed by atoms with Gasteiger partial charge in [0.05, 0.1) is 6.54 Å². The molecule has 5 heteroatoms. The van der Waals surface area contributed by atoms with E-state index in [0.29, 0.717) is 6.54 Å². The SMILES string of the molecule is Cc1cc(-c2nccs2)cc2cn(Cc3ccc(Oc4ccccc4)cc3)c(O)c12. The molecule has 5 aromatic rings. The number of thiazole rings is 1. The maximum absolute atomic E-state index is 10.8. The predicted molar refractivity (Wildman–Crippen MR) is 122 cm³/mol. The largest absolute Gasteiger partial charge is 0.494 e. The lowest BCUT2D eigenvalue weighted by atomic mass is 10.1. The fourth-order valence-electron chi connectivity index (χ4n) is 3.69. The highest BCUT2D eigenvalue weighted by molar-refractivity contribution is 7.13. The van der Waals surface area contributed by atoms with Gasteiger partial charge in [-0.25, -0.2) is 4.98 Å². The van der Waals surface area contributed by atoms with Gasteiger partial charge in [0.15, 0.2) is 5.88 Å². The van der Waals surface area contributed by atoms with Crippen LogP contribution in [0, 0.1) is 6.92 Å². The van der Waals surface area contributed by atoms with E-state index in [2.05, 4.69) is 17.1 Å². The van der Waals surface area contributed by atoms with E-state index >= 15 is 0 Å². The molecule has 2 aromatic heterocycles. The van der Waals surface area contributed by atoms with E-state index in [4.69, 9.17) is 4.74 Å². The first-order valence-corrected chi connectivity index (χ1v) is 10.6. The van der Waals surface area contributed by atoms with Gasteiger partial charge in [0.2, 0.25) is 0 Å². The van der Waals surface area contributed by atoms with Crippen molar-refractivity contribution in [3.05, 3.63) is 95.6 Å². The van der Waals surface area contributed by atoms with Crippen LogP contribution in [-0.4, -0.2) is 14.7 Å². The molecule has 4 nitrogen and oxygen atoms in total. The van der Waals surface area contributed by atoms with Gasteiger partial charge >= 0.3 is 0 Å². The van der Waals surface area contributed by atoms with Gasteiger partial charge in [-0.2, -0.15) is 0 Å². The van der Waals surface area contributed by atoms with Crippen molar-refractivity contribution in [1.29, 1.82) is 0 Å². The molecule has 1 N–H and O–H groups in total. The minimum absolute atomic E-state index is 0.290. The smallest absolute Gasteiger partial charge is 0.199 e. The number of benzene rings is 3. The van der Waals surface area contributed by atoms with Crippen molar-refractivity contribution in [3.8, 4) is 28.0 Å². The van der Waals surface area contributed by atoms with Crippen molar-refractivity contribution in [2.75, 3.05) is 0 Å². The first-order chi connectivity index (χ1) is 14.7. The van der Waals surface area contributed by atoms with Crippen molar-refractivity contribution in [1.82, 2.24) is 9.55 Å². The summed E-state index contributed by atoms with van der Waals surface area (Å²) in [5, 5.41) is 15.7. The van der Waals surface area contributed by atoms with Crippen molar-refractivity contribution >= 4 is 22.1 Å². The fraction of sp³-hybridized carbons (Fsp3) is 0.0800. The molecule has 0 unspecified atom stereocenters. The molecule has 0 radical (unpaired) electrons. The van der Waals surface area contributed by atoms with Crippen LogP contribution in [0.15, 0.2) is 84.5 Å². The number of nitrogens with zero attached hydrogens (tertiary/aromatic N) is 2. The number of ether oxygens (including phenoxy) is 1. The van der Waals surface area contributed by atoms with Crippen LogP contribution in [0.3, 0.4) is 0 Å². The Morgan fingerprint density at radius 1 is 1.00 bits per heavy atom. The summed E-state index contributed by atoms with van der Waals surface area (Å²) in [6.07, 6.45) is 3.82. The zero-order valence-corrected chi connectivity index (χ0v) is 17.3. The number of hydrogen-bond donors (Lipinski definition) is 1. The third-order valence-electron chi connectivity index (χ3n) is 5.09. The Labute approximate surface area is 178 Å². The van der Waals surface area contributed by atoms with E-state index in [1.165, 1.54) is 0 Å². The quantitative estimate of drug-likeness (QED) is 0.353. The van der Waals surface area contributed by atoms with Crippen LogP contribution >= 0.6 is 11.3 Å². The molecule has 5 rings (SSSR count). The lowest BCUT2D eigenvalue weighted by molar-refractivity contribution is 0.430. The molecular weight excluding hydrogens is 392 g/mol. The summed E-state index contributed by atoms with van der Waals surface area (Å²) in [5.41, 5.74) is 3.21. The minimum atomic E-state index is 0.290. The summed E-state index contributed by atoms with van der Waals surface area (Å²) in [4.78, 5) is 4.41. The maximum Gasteiger partial charge on any atom is 0.199 e. The van der Waals surface area contributed by atoms with Gasteiger partial charge in [-0.1, -0.05) is 30.3 Å². The van der Waals surface area contributed by atoms with Gasteiger partial charge in [-0.15, -0.1) is 11.3 Å². The van der Waals surface area contributed by atoms with Gasteiger partial charge in [-0.05, 0) is 54.4 Å². The average molecular weight is 413 g/mol. The summed E-state index contributed by atoms with van der Waals surface area (Å²) in [7, 11) is 0. The number of para-hydroxylation sites is 1. The number of fused-ring (bicyclic) bond motifs is 1. The lowest BCUT2D eigenvalue weighted by Crippen LogP contribution is -1.97. The van der Waals surface area contributed by atoms with Gasteiger partial charge in [0.1, 0.15) is 16.5 Å². The van der Waals surface area contributed by atoms with Crippen molar-refractivity contribution in [2.45, 2.75) is 13.5 Å². The number of rotatable bonds is 5. The van der Waals surface area contributed by atoms with E-state index in [0.717, 1.165) is 44.0 Å². The standard InChI is InChI=1S/C25H20N2O2S/c1-17-13-19(24-26-11-12-30-24)14-20-16-27(25(28)23(17)20)15-18-7-9-22(10-8-18)29-21-5-3-2-4-6-21/h2-14,16,28H,15H2,1H3. The monoisotopic (exact) mass is 412 g/mol. The van der Waals surface area contributed by atoms with Crippen LogP contribution in [0.5, 0.6) is 17.4 Å². The second-order valence-corrected chi connectivity index (χ2v) is 8.13. The van der Waals surface area contributed by atoms with Crippen LogP contribution in [0.4, 0.5) is 0 Å². The topological polar surface area (TPSA) is 47.3 Å². The summed E-state index contributed by atoms with van der Waals surface area (Å²) in [5.74, 6) is 1.89. The Kier molecular flexibility index (Phi) is 4.73. The number of aromatic nitrogens is 2. The van der Waals surface area contributed by atoms with Gasteiger partial charge in [0, 0.05) is 34.1 Å². The van der Waals surface area contributed by atoms with E-state index in [1.807, 2.05) is 83.9 Å². The molecule has 30 heavy (non-hydrogen) atoms. The lowest BCUT2D eigenvalue weighted by Gasteiger charge is -2.08. The Morgan fingerprint density at radius 2 is 1.77 bits per heavy atom. The van der Waals surface area contributed by atoms with Gasteiger partial charge < -0.3 is 14.4 Å². The van der Waals surface area contributed by atoms with E-state index in [9.17, 15) is 5.11 Å². The summed E-state index contributed by atoms with van der Waals surface area (Å²) >= 11 is 1.62. The zero-order valence-electron chi connectivity index (χ0n) is 16.4. The number of hydrogen-bond acceptors (Lipinski definition) is 4. The molecule has 0 saturated heterocycles. The number of aromatic hydroxyl groups is 1. The molecule has 0 fully saturated rings. The second kappa shape index (κ2) is 7.69. The van der Waals surface area contributed by atoms with E-state index in [-0.39, 0.29) is 5.88 Å². The second-order valence-electron chi connectivity index (χ2n) is 7.23. The Morgan fingerprint density at radius 3 is 2.50 bits per heavy atom. The molecule has 0 amide bonds. The fourth-order valence-corrected chi connectivity index (χ4v) is 4.31. The van der Waals surface area contributed by atoms with Crippen molar-refractivity contribution < 1.29 is 9.84 Å². The molecule has 0 bridgehead atoms. The molecule has 0 spiro atoms. The van der Waals surface area contributed by atoms with E-state index < -0.39 is 0 Å². The number of aryl methyl sites for hydroxylation is 1. The highest BCUT2D eigenvalue weighted by Gasteiger charge is 2.14. The molecule has 0 aliphatic heterocycles. The van der Waals surface area contributed by atoms with E-state index in [1.54, 1.807) is 11.3 Å². The Hall–Kier alpha value is -3.57. The Bertz CT molecular complexity index is 1290. The molecule has 148 valence electrons. The first-order valence-electron chi connectivity index (χ1n) is 9.71. The summed E-state index contributed by atoms with van der Waals surface area (Å²) in [6.45, 7) is 2.61. The third kappa shape index (κ3) is 3.55. The van der Waals surface area contributed by atoms with Gasteiger partial charge in [0.25, 0.3) is 0 Å². The molecule has 2 heterocycles. The van der Waals surface area contributed by atoms with Crippen LogP contribution in [0.2, 0.25) is 0 Å². The van der Waals surface area contributed by atoms with Crippen molar-refractivity contribution in [2.24, 2.45) is 0 Å². The minimum Gasteiger partial charge on any atom is -0.494 e. The average Bonchev–Trinajstić information content (AvgIpc) is 3.39. The Balaban J connectivity index is 1.41. The molecule has 0 saturated carbocycles. The zero-order chi connectivity index (χ0) is 20.5. The van der Waals surface area contributed by atoms with Crippen molar-refractivity contribution in [3.63, 3.8) is 0 Å². The van der Waals surface area contributed by atoms with Crippen LogP contribution < -0.4 is 4.74 Å². The summed E-state index contributed by atoms with van der Waals surface area (Å²) in [6, 6.07) is 21.9. The van der Waals surface area contributed by atoms with Crippen LogP contribution in [-0.2, 0) is 6.54 Å². The predicted octanol–water partition coefficient (Wildman–Crippen LogP) is 6.62. The molecule has 3 aromatic carbocycles. The van der Waals surface area contributed by atoms with Gasteiger partial charge in [-0.3, -0.25) is 0 Å².